The largest absolute Gasteiger partial charge is 0.486 e. The molecule has 160 valence electrons. The Morgan fingerprint density at radius 3 is 2.22 bits per heavy atom. The van der Waals surface area contributed by atoms with Gasteiger partial charge in [0.15, 0.2) is 22.1 Å². The van der Waals surface area contributed by atoms with Gasteiger partial charge in [0.2, 0.25) is 0 Å². The summed E-state index contributed by atoms with van der Waals surface area (Å²) in [6.45, 7) is 3.72. The van der Waals surface area contributed by atoms with Crippen LogP contribution in [0.4, 0.5) is 0 Å². The van der Waals surface area contributed by atoms with Crippen molar-refractivity contribution in [2.75, 3.05) is 13.2 Å². The lowest BCUT2D eigenvalue weighted by molar-refractivity contribution is 0.0994. The molecule has 7 heteroatoms. The summed E-state index contributed by atoms with van der Waals surface area (Å²) in [6.07, 6.45) is 0. The Morgan fingerprint density at radius 1 is 0.906 bits per heavy atom. The maximum absolute atomic E-state index is 12.9. The van der Waals surface area contributed by atoms with E-state index in [4.69, 9.17) is 9.47 Å². The van der Waals surface area contributed by atoms with Gasteiger partial charge in [-0.2, -0.15) is 4.99 Å². The Balaban J connectivity index is 1.47. The summed E-state index contributed by atoms with van der Waals surface area (Å²) in [6, 6.07) is 19.6. The normalized spacial score (nSPS) is 13.3. The van der Waals surface area contributed by atoms with Crippen LogP contribution < -0.4 is 14.3 Å². The minimum atomic E-state index is -0.352. The maximum Gasteiger partial charge on any atom is 0.279 e. The summed E-state index contributed by atoms with van der Waals surface area (Å²) in [5.41, 5.74) is 2.53. The molecule has 2 heterocycles. The molecular weight excluding hydrogens is 424 g/mol. The lowest BCUT2D eigenvalue weighted by Crippen LogP contribution is -2.17. The van der Waals surface area contributed by atoms with Crippen molar-refractivity contribution in [2.45, 2.75) is 13.5 Å². The van der Waals surface area contributed by atoms with Crippen LogP contribution >= 0.6 is 11.3 Å². The monoisotopic (exact) mass is 444 g/mol. The lowest BCUT2D eigenvalue weighted by atomic mass is 10.0. The summed E-state index contributed by atoms with van der Waals surface area (Å²) in [5.74, 6) is 0.989. The Hall–Kier alpha value is -3.71. The first kappa shape index (κ1) is 20.2. The number of benzene rings is 3. The number of carbonyl (C=O) groups is 2. The van der Waals surface area contributed by atoms with Gasteiger partial charge in [-0.3, -0.25) is 9.59 Å². The van der Waals surface area contributed by atoms with Gasteiger partial charge >= 0.3 is 0 Å². The highest BCUT2D eigenvalue weighted by Crippen LogP contribution is 2.35. The van der Waals surface area contributed by atoms with Gasteiger partial charge in [-0.25, -0.2) is 0 Å². The van der Waals surface area contributed by atoms with E-state index in [2.05, 4.69) is 4.99 Å². The van der Waals surface area contributed by atoms with Gasteiger partial charge in [-0.1, -0.05) is 53.8 Å². The summed E-state index contributed by atoms with van der Waals surface area (Å²) >= 11 is 1.44. The average molecular weight is 445 g/mol. The van der Waals surface area contributed by atoms with E-state index in [1.54, 1.807) is 36.4 Å². The van der Waals surface area contributed by atoms with Crippen LogP contribution in [0.25, 0.3) is 10.2 Å². The molecule has 1 aromatic heterocycles. The molecule has 1 aliphatic rings. The smallest absolute Gasteiger partial charge is 0.279 e. The van der Waals surface area contributed by atoms with Gasteiger partial charge in [0.05, 0.1) is 10.2 Å². The molecule has 0 N–H and O–H groups in total. The van der Waals surface area contributed by atoms with Gasteiger partial charge in [-0.05, 0) is 19.1 Å². The van der Waals surface area contributed by atoms with Crippen molar-refractivity contribution in [1.29, 1.82) is 0 Å². The van der Waals surface area contributed by atoms with Crippen molar-refractivity contribution < 1.29 is 19.1 Å². The predicted octanol–water partition coefficient (Wildman–Crippen LogP) is 4.47. The zero-order chi connectivity index (χ0) is 22.1. The Kier molecular flexibility index (Phi) is 5.33. The summed E-state index contributed by atoms with van der Waals surface area (Å²) in [4.78, 5) is 30.4. The van der Waals surface area contributed by atoms with Crippen LogP contribution in [0.1, 0.15) is 33.2 Å². The highest BCUT2D eigenvalue weighted by atomic mass is 32.1. The van der Waals surface area contributed by atoms with Gasteiger partial charge < -0.3 is 14.0 Å². The number of ether oxygens (including phenoxy) is 2. The number of carbonyl (C=O) groups excluding carboxylic acids is 2. The van der Waals surface area contributed by atoms with E-state index in [1.807, 2.05) is 41.8 Å². The molecule has 32 heavy (non-hydrogen) atoms. The molecule has 0 saturated carbocycles. The number of rotatable bonds is 4. The fourth-order valence-electron chi connectivity index (χ4n) is 3.67. The zero-order valence-corrected chi connectivity index (χ0v) is 18.2. The number of nitrogens with zero attached hydrogens (tertiary/aromatic N) is 2. The van der Waals surface area contributed by atoms with Crippen LogP contribution in [0, 0.1) is 0 Å². The number of hydrogen-bond acceptors (Lipinski definition) is 5. The van der Waals surface area contributed by atoms with Crippen molar-refractivity contribution in [3.8, 4) is 11.5 Å². The van der Waals surface area contributed by atoms with Gasteiger partial charge in [-0.15, -0.1) is 0 Å². The van der Waals surface area contributed by atoms with Crippen molar-refractivity contribution in [2.24, 2.45) is 4.99 Å². The number of ketones is 1. The summed E-state index contributed by atoms with van der Waals surface area (Å²) < 4.78 is 14.3. The SMILES string of the molecule is CCn1c(=NC(=O)c2ccc(C(=O)c3ccccc3)cc2)sc2cc3c(cc21)OCCO3. The first-order valence-corrected chi connectivity index (χ1v) is 11.2. The van der Waals surface area contributed by atoms with E-state index in [0.717, 1.165) is 10.2 Å². The minimum absolute atomic E-state index is 0.0803. The molecule has 1 aliphatic heterocycles. The molecule has 1 amide bonds. The van der Waals surface area contributed by atoms with Crippen molar-refractivity contribution in [3.63, 3.8) is 0 Å². The van der Waals surface area contributed by atoms with E-state index in [-0.39, 0.29) is 11.7 Å². The third-order valence-corrected chi connectivity index (χ3v) is 6.33. The second kappa shape index (κ2) is 8.43. The molecule has 0 bridgehead atoms. The molecule has 0 aliphatic carbocycles. The van der Waals surface area contributed by atoms with Gasteiger partial charge in [0.25, 0.3) is 5.91 Å². The van der Waals surface area contributed by atoms with Crippen LogP contribution in [0.3, 0.4) is 0 Å². The van der Waals surface area contributed by atoms with E-state index in [9.17, 15) is 9.59 Å². The summed E-state index contributed by atoms with van der Waals surface area (Å²) in [7, 11) is 0. The van der Waals surface area contributed by atoms with Crippen LogP contribution in [0.2, 0.25) is 0 Å². The second-order valence-electron chi connectivity index (χ2n) is 7.28. The second-order valence-corrected chi connectivity index (χ2v) is 8.29. The number of aryl methyl sites for hydroxylation is 1. The fourth-order valence-corrected chi connectivity index (χ4v) is 4.77. The number of hydrogen-bond donors (Lipinski definition) is 0. The molecule has 0 atom stereocenters. The standard InChI is InChI=1S/C25H20N2O4S/c1-2-27-19-14-20-21(31-13-12-30-20)15-22(19)32-25(27)26-24(29)18-10-8-17(9-11-18)23(28)16-6-4-3-5-7-16/h3-11,14-15H,2,12-13H2,1H3. The molecule has 3 aromatic carbocycles. The quantitative estimate of drug-likeness (QED) is 0.436. The average Bonchev–Trinajstić information content (AvgIpc) is 3.18. The first-order chi connectivity index (χ1) is 15.6. The molecule has 4 aromatic rings. The topological polar surface area (TPSA) is 69.9 Å². The maximum atomic E-state index is 12.9. The molecule has 0 spiro atoms. The van der Waals surface area contributed by atoms with E-state index in [0.29, 0.717) is 52.7 Å². The zero-order valence-electron chi connectivity index (χ0n) is 17.4. The van der Waals surface area contributed by atoms with Crippen LogP contribution in [0.15, 0.2) is 71.7 Å². The number of fused-ring (bicyclic) bond motifs is 2. The van der Waals surface area contributed by atoms with Gasteiger partial charge in [0.1, 0.15) is 13.2 Å². The van der Waals surface area contributed by atoms with Crippen molar-refractivity contribution in [1.82, 2.24) is 4.57 Å². The molecule has 0 fully saturated rings. The Bertz CT molecular complexity index is 1390. The first-order valence-electron chi connectivity index (χ1n) is 10.4. The third kappa shape index (κ3) is 3.71. The van der Waals surface area contributed by atoms with Crippen LogP contribution in [-0.4, -0.2) is 29.5 Å². The van der Waals surface area contributed by atoms with E-state index in [1.165, 1.54) is 11.3 Å². The fraction of sp³-hybridized carbons (Fsp3) is 0.160. The molecule has 5 rings (SSSR count). The molecule has 6 nitrogen and oxygen atoms in total. The van der Waals surface area contributed by atoms with Crippen molar-refractivity contribution >= 4 is 33.2 Å². The summed E-state index contributed by atoms with van der Waals surface area (Å²) in [5, 5.41) is 0. The molecule has 0 radical (unpaired) electrons. The highest BCUT2D eigenvalue weighted by Gasteiger charge is 2.17. The van der Waals surface area contributed by atoms with Gasteiger partial charge in [0, 0.05) is 35.4 Å². The van der Waals surface area contributed by atoms with E-state index >= 15 is 0 Å². The Morgan fingerprint density at radius 2 is 1.53 bits per heavy atom. The molecule has 0 saturated heterocycles. The van der Waals surface area contributed by atoms with Crippen molar-refractivity contribution in [3.05, 3.63) is 88.2 Å². The lowest BCUT2D eigenvalue weighted by Gasteiger charge is -2.18. The minimum Gasteiger partial charge on any atom is -0.486 e. The Labute approximate surface area is 188 Å². The number of aromatic nitrogens is 1. The number of amides is 1. The van der Waals surface area contributed by atoms with Crippen LogP contribution in [-0.2, 0) is 6.54 Å². The van der Waals surface area contributed by atoms with E-state index < -0.39 is 0 Å². The van der Waals surface area contributed by atoms with Crippen LogP contribution in [0.5, 0.6) is 11.5 Å². The highest BCUT2D eigenvalue weighted by molar-refractivity contribution is 7.16. The third-order valence-electron chi connectivity index (χ3n) is 5.29. The molecular formula is C25H20N2O4S. The number of thiazole rings is 1. The predicted molar refractivity (Wildman–Crippen MR) is 123 cm³/mol. The molecule has 0 unspecified atom stereocenters.